The predicted molar refractivity (Wildman–Crippen MR) is 51.0 cm³/mol. The third kappa shape index (κ3) is 3.27. The Morgan fingerprint density at radius 1 is 1.47 bits per heavy atom. The molecule has 4 nitrogen and oxygen atoms in total. The lowest BCUT2D eigenvalue weighted by molar-refractivity contribution is -0.144. The van der Waals surface area contributed by atoms with E-state index < -0.39 is 35.3 Å². The molecule has 1 unspecified atom stereocenters. The summed E-state index contributed by atoms with van der Waals surface area (Å²) in [5.74, 6) is -3.39. The molecule has 0 aliphatic rings. The first-order valence-corrected chi connectivity index (χ1v) is 3.95. The summed E-state index contributed by atoms with van der Waals surface area (Å²) in [7, 11) is 0. The molecule has 1 rings (SSSR count). The number of hydrogen-bond acceptors (Lipinski definition) is 3. The van der Waals surface area contributed by atoms with Gasteiger partial charge in [-0.3, -0.25) is 4.79 Å². The molecular formula is C8H7ClF4N2O2. The van der Waals surface area contributed by atoms with E-state index >= 15 is 0 Å². The van der Waals surface area contributed by atoms with Gasteiger partial charge < -0.3 is 10.8 Å². The highest BCUT2D eigenvalue weighted by Gasteiger charge is 2.38. The Bertz CT molecular complexity index is 424. The van der Waals surface area contributed by atoms with E-state index in [-0.39, 0.29) is 12.4 Å². The van der Waals surface area contributed by atoms with E-state index in [2.05, 4.69) is 4.98 Å². The molecular weight excluding hydrogens is 268 g/mol. The molecule has 1 atom stereocenters. The van der Waals surface area contributed by atoms with E-state index in [9.17, 15) is 22.4 Å². The maximum atomic E-state index is 13.3. The first kappa shape index (κ1) is 15.6. The van der Waals surface area contributed by atoms with Crippen LogP contribution in [0, 0.1) is 5.82 Å². The second-order valence-corrected chi connectivity index (χ2v) is 2.88. The number of pyridine rings is 1. The molecule has 0 spiro atoms. The van der Waals surface area contributed by atoms with Crippen LogP contribution in [-0.4, -0.2) is 16.1 Å². The molecule has 0 aliphatic carbocycles. The molecule has 3 N–H and O–H groups in total. The number of alkyl halides is 3. The van der Waals surface area contributed by atoms with E-state index in [1.54, 1.807) is 0 Å². The van der Waals surface area contributed by atoms with Gasteiger partial charge in [0.25, 0.3) is 0 Å². The second kappa shape index (κ2) is 5.28. The minimum Gasteiger partial charge on any atom is -0.480 e. The van der Waals surface area contributed by atoms with Crippen LogP contribution in [-0.2, 0) is 11.0 Å². The average molecular weight is 275 g/mol. The normalized spacial score (nSPS) is 12.8. The number of hydrogen-bond donors (Lipinski definition) is 2. The molecule has 0 amide bonds. The van der Waals surface area contributed by atoms with Crippen molar-refractivity contribution in [1.82, 2.24) is 4.98 Å². The maximum absolute atomic E-state index is 13.3. The van der Waals surface area contributed by atoms with Crippen LogP contribution in [0.15, 0.2) is 12.3 Å². The first-order valence-electron chi connectivity index (χ1n) is 3.95. The van der Waals surface area contributed by atoms with Crippen molar-refractivity contribution < 1.29 is 27.5 Å². The van der Waals surface area contributed by atoms with Crippen molar-refractivity contribution in [1.29, 1.82) is 0 Å². The largest absolute Gasteiger partial charge is 0.480 e. The van der Waals surface area contributed by atoms with Crippen molar-refractivity contribution in [3.05, 3.63) is 29.3 Å². The van der Waals surface area contributed by atoms with Gasteiger partial charge in [0.2, 0.25) is 0 Å². The summed E-state index contributed by atoms with van der Waals surface area (Å²) in [5.41, 5.74) is 2.49. The Morgan fingerprint density at radius 3 is 2.41 bits per heavy atom. The standard InChI is InChI=1S/C8H6F4N2O2.ClH/c9-4-3(5(13)7(15)16)1-2-14-6(4)8(10,11)12;/h1-2,5H,13H2,(H,15,16);1H. The molecule has 0 aromatic carbocycles. The smallest absolute Gasteiger partial charge is 0.436 e. The second-order valence-electron chi connectivity index (χ2n) is 2.88. The van der Waals surface area contributed by atoms with Gasteiger partial charge in [-0.2, -0.15) is 13.2 Å². The summed E-state index contributed by atoms with van der Waals surface area (Å²) in [5, 5.41) is 8.46. The molecule has 0 saturated heterocycles. The van der Waals surface area contributed by atoms with Crippen LogP contribution in [0.1, 0.15) is 17.3 Å². The summed E-state index contributed by atoms with van der Waals surface area (Å²) in [6.07, 6.45) is -4.33. The Morgan fingerprint density at radius 2 is 2.00 bits per heavy atom. The molecule has 17 heavy (non-hydrogen) atoms. The molecule has 96 valence electrons. The number of halogens is 5. The predicted octanol–water partition coefficient (Wildman–Crippen LogP) is 1.75. The van der Waals surface area contributed by atoms with Gasteiger partial charge in [-0.1, -0.05) is 0 Å². The number of carboxylic acid groups (broad SMARTS) is 1. The van der Waals surface area contributed by atoms with Crippen LogP contribution in [0.4, 0.5) is 17.6 Å². The highest BCUT2D eigenvalue weighted by Crippen LogP contribution is 2.31. The van der Waals surface area contributed by atoms with Crippen LogP contribution >= 0.6 is 12.4 Å². The first-order chi connectivity index (χ1) is 7.25. The molecule has 0 bridgehead atoms. The SMILES string of the molecule is Cl.NC(C(=O)O)c1ccnc(C(F)(F)F)c1F. The van der Waals surface area contributed by atoms with Gasteiger partial charge in [-0.15, -0.1) is 12.4 Å². The van der Waals surface area contributed by atoms with Gasteiger partial charge in [0.15, 0.2) is 11.5 Å². The van der Waals surface area contributed by atoms with Crippen LogP contribution in [0.5, 0.6) is 0 Å². The minimum atomic E-state index is -4.99. The number of nitrogens with zero attached hydrogens (tertiary/aromatic N) is 1. The fraction of sp³-hybridized carbons (Fsp3) is 0.250. The number of aliphatic carboxylic acids is 1. The lowest BCUT2D eigenvalue weighted by atomic mass is 10.1. The van der Waals surface area contributed by atoms with Crippen molar-refractivity contribution in [3.8, 4) is 0 Å². The van der Waals surface area contributed by atoms with E-state index in [4.69, 9.17) is 10.8 Å². The fourth-order valence-corrected chi connectivity index (χ4v) is 1.03. The molecule has 1 aromatic heterocycles. The van der Waals surface area contributed by atoms with Crippen LogP contribution in [0.25, 0.3) is 0 Å². The van der Waals surface area contributed by atoms with Gasteiger partial charge in [0, 0.05) is 11.8 Å². The van der Waals surface area contributed by atoms with E-state index in [0.29, 0.717) is 6.20 Å². The van der Waals surface area contributed by atoms with Crippen LogP contribution in [0.3, 0.4) is 0 Å². The van der Waals surface area contributed by atoms with E-state index in [0.717, 1.165) is 6.07 Å². The zero-order valence-electron chi connectivity index (χ0n) is 8.03. The molecule has 1 heterocycles. The number of rotatable bonds is 2. The van der Waals surface area contributed by atoms with Gasteiger partial charge in [-0.25, -0.2) is 9.37 Å². The van der Waals surface area contributed by atoms with Gasteiger partial charge in [0.05, 0.1) is 0 Å². The molecule has 0 radical (unpaired) electrons. The Labute approximate surface area is 98.9 Å². The highest BCUT2D eigenvalue weighted by molar-refractivity contribution is 5.85. The van der Waals surface area contributed by atoms with Crippen molar-refractivity contribution >= 4 is 18.4 Å². The van der Waals surface area contributed by atoms with Crippen LogP contribution in [0.2, 0.25) is 0 Å². The minimum absolute atomic E-state index is 0. The number of nitrogens with two attached hydrogens (primary N) is 1. The summed E-state index contributed by atoms with van der Waals surface area (Å²) >= 11 is 0. The van der Waals surface area contributed by atoms with Gasteiger partial charge in [-0.05, 0) is 6.07 Å². The number of carboxylic acids is 1. The van der Waals surface area contributed by atoms with Crippen molar-refractivity contribution in [2.24, 2.45) is 5.73 Å². The van der Waals surface area contributed by atoms with Crippen LogP contribution < -0.4 is 5.73 Å². The van der Waals surface area contributed by atoms with Gasteiger partial charge >= 0.3 is 12.1 Å². The summed E-state index contributed by atoms with van der Waals surface area (Å²) in [6, 6.07) is -1.06. The topological polar surface area (TPSA) is 76.2 Å². The fourth-order valence-electron chi connectivity index (χ4n) is 1.03. The number of aromatic nitrogens is 1. The maximum Gasteiger partial charge on any atom is 0.436 e. The third-order valence-electron chi connectivity index (χ3n) is 1.79. The zero-order chi connectivity index (χ0) is 12.5. The van der Waals surface area contributed by atoms with Crippen molar-refractivity contribution in [2.75, 3.05) is 0 Å². The molecule has 0 aliphatic heterocycles. The average Bonchev–Trinajstić information content (AvgIpc) is 2.15. The highest BCUT2D eigenvalue weighted by atomic mass is 35.5. The lowest BCUT2D eigenvalue weighted by Crippen LogP contribution is -2.24. The molecule has 0 saturated carbocycles. The Kier molecular flexibility index (Phi) is 4.84. The number of carbonyl (C=O) groups is 1. The summed E-state index contributed by atoms with van der Waals surface area (Å²) in [6.45, 7) is 0. The lowest BCUT2D eigenvalue weighted by Gasteiger charge is -2.12. The third-order valence-corrected chi connectivity index (χ3v) is 1.79. The molecule has 9 heteroatoms. The Balaban J connectivity index is 0.00000256. The van der Waals surface area contributed by atoms with Crippen molar-refractivity contribution in [3.63, 3.8) is 0 Å². The zero-order valence-corrected chi connectivity index (χ0v) is 8.85. The Hall–Kier alpha value is -1.41. The van der Waals surface area contributed by atoms with E-state index in [1.807, 2.05) is 0 Å². The van der Waals surface area contributed by atoms with E-state index in [1.165, 1.54) is 0 Å². The quantitative estimate of drug-likeness (QED) is 0.806. The van der Waals surface area contributed by atoms with Crippen molar-refractivity contribution in [2.45, 2.75) is 12.2 Å². The molecule has 1 aromatic rings. The molecule has 0 fully saturated rings. The summed E-state index contributed by atoms with van der Waals surface area (Å²) < 4.78 is 49.9. The summed E-state index contributed by atoms with van der Waals surface area (Å²) in [4.78, 5) is 13.2. The van der Waals surface area contributed by atoms with Gasteiger partial charge in [0.1, 0.15) is 6.04 Å². The monoisotopic (exact) mass is 274 g/mol.